The third kappa shape index (κ3) is 4.32. The molecule has 2 aromatic rings. The van der Waals surface area contributed by atoms with E-state index in [1.807, 2.05) is 0 Å². The van der Waals surface area contributed by atoms with Gasteiger partial charge in [-0.25, -0.2) is 4.98 Å². The number of imidazole rings is 1. The van der Waals surface area contributed by atoms with Crippen LogP contribution in [0.5, 0.6) is 0 Å². The Morgan fingerprint density at radius 3 is 2.74 bits per heavy atom. The summed E-state index contributed by atoms with van der Waals surface area (Å²) in [4.78, 5) is 29.7. The van der Waals surface area contributed by atoms with Crippen LogP contribution in [0.2, 0.25) is 0 Å². The van der Waals surface area contributed by atoms with Gasteiger partial charge >= 0.3 is 0 Å². The molecular formula is C18H23N5O4. The minimum absolute atomic E-state index is 0.145. The Bertz CT molecular complexity index is 813. The highest BCUT2D eigenvalue weighted by molar-refractivity contribution is 5.95. The van der Waals surface area contributed by atoms with Crippen molar-refractivity contribution in [1.29, 1.82) is 0 Å². The minimum Gasteiger partial charge on any atom is -0.379 e. The molecule has 3 rings (SSSR count). The van der Waals surface area contributed by atoms with Gasteiger partial charge in [0.25, 0.3) is 11.6 Å². The fourth-order valence-corrected chi connectivity index (χ4v) is 3.11. The Labute approximate surface area is 157 Å². The number of hydrogen-bond donors (Lipinski definition) is 1. The number of carbonyl (C=O) groups is 1. The Morgan fingerprint density at radius 1 is 1.37 bits per heavy atom. The number of amides is 1. The predicted octanol–water partition coefficient (Wildman–Crippen LogP) is 1.62. The highest BCUT2D eigenvalue weighted by Gasteiger charge is 2.29. The molecule has 0 unspecified atom stereocenters. The molecule has 0 atom stereocenters. The smallest absolute Gasteiger partial charge is 0.294 e. The molecular weight excluding hydrogens is 350 g/mol. The van der Waals surface area contributed by atoms with Crippen molar-refractivity contribution in [3.8, 4) is 5.69 Å². The van der Waals surface area contributed by atoms with Crippen LogP contribution in [0.4, 0.5) is 5.69 Å². The van der Waals surface area contributed by atoms with E-state index >= 15 is 0 Å². The van der Waals surface area contributed by atoms with Crippen LogP contribution < -0.4 is 5.32 Å². The molecule has 27 heavy (non-hydrogen) atoms. The molecule has 144 valence electrons. The first kappa shape index (κ1) is 19.0. The third-order valence-electron chi connectivity index (χ3n) is 4.77. The molecule has 0 aliphatic carbocycles. The average molecular weight is 373 g/mol. The van der Waals surface area contributed by atoms with Crippen molar-refractivity contribution in [2.75, 3.05) is 32.8 Å². The van der Waals surface area contributed by atoms with Gasteiger partial charge in [0.05, 0.1) is 24.5 Å². The first-order valence-corrected chi connectivity index (χ1v) is 8.76. The van der Waals surface area contributed by atoms with Crippen LogP contribution in [0.15, 0.2) is 36.9 Å². The number of benzene rings is 1. The molecule has 1 aromatic heterocycles. The number of nitro benzene ring substituents is 1. The molecule has 1 amide bonds. The highest BCUT2D eigenvalue weighted by Crippen LogP contribution is 2.24. The van der Waals surface area contributed by atoms with Gasteiger partial charge in [-0.2, -0.15) is 0 Å². The quantitative estimate of drug-likeness (QED) is 0.610. The van der Waals surface area contributed by atoms with E-state index in [1.54, 1.807) is 22.9 Å². The van der Waals surface area contributed by atoms with Crippen LogP contribution in [-0.4, -0.2) is 63.7 Å². The lowest BCUT2D eigenvalue weighted by Crippen LogP contribution is -2.55. The molecule has 2 heterocycles. The Hall–Kier alpha value is -2.78. The Balaban J connectivity index is 1.73. The van der Waals surface area contributed by atoms with Crippen LogP contribution in [0, 0.1) is 10.1 Å². The van der Waals surface area contributed by atoms with Gasteiger partial charge in [0.2, 0.25) is 0 Å². The van der Waals surface area contributed by atoms with Crippen molar-refractivity contribution < 1.29 is 14.5 Å². The van der Waals surface area contributed by atoms with Crippen LogP contribution in [-0.2, 0) is 4.74 Å². The standard InChI is InChI=1S/C18H23N5O4/c1-18(2,22-7-9-27-10-8-22)12-20-17(24)14-3-4-15(16(11-14)23(25)26)21-6-5-19-13-21/h3-6,11,13H,7-10,12H2,1-2H3,(H,20,24). The number of nitro groups is 1. The predicted molar refractivity (Wildman–Crippen MR) is 99.0 cm³/mol. The summed E-state index contributed by atoms with van der Waals surface area (Å²) in [6.45, 7) is 7.54. The second kappa shape index (κ2) is 7.85. The molecule has 1 aliphatic rings. The summed E-state index contributed by atoms with van der Waals surface area (Å²) in [5.74, 6) is -0.336. The zero-order chi connectivity index (χ0) is 19.4. The SMILES string of the molecule is CC(C)(CNC(=O)c1ccc(-n2ccnc2)c([N+](=O)[O-])c1)N1CCOCC1. The Kier molecular flexibility index (Phi) is 5.52. The van der Waals surface area contributed by atoms with E-state index in [0.29, 0.717) is 25.4 Å². The van der Waals surface area contributed by atoms with Crippen molar-refractivity contribution in [2.45, 2.75) is 19.4 Å². The molecule has 9 heteroatoms. The second-order valence-corrected chi connectivity index (χ2v) is 7.03. The van der Waals surface area contributed by atoms with Gasteiger partial charge in [0.1, 0.15) is 5.69 Å². The molecule has 1 aromatic carbocycles. The number of nitrogens with zero attached hydrogens (tertiary/aromatic N) is 4. The number of hydrogen-bond acceptors (Lipinski definition) is 6. The van der Waals surface area contributed by atoms with Gasteiger partial charge in [-0.1, -0.05) is 0 Å². The summed E-state index contributed by atoms with van der Waals surface area (Å²) in [5, 5.41) is 14.3. The van der Waals surface area contributed by atoms with Gasteiger partial charge < -0.3 is 14.6 Å². The minimum atomic E-state index is -0.496. The number of rotatable bonds is 6. The lowest BCUT2D eigenvalue weighted by molar-refractivity contribution is -0.384. The van der Waals surface area contributed by atoms with E-state index < -0.39 is 4.92 Å². The van der Waals surface area contributed by atoms with E-state index in [9.17, 15) is 14.9 Å². The zero-order valence-electron chi connectivity index (χ0n) is 15.4. The fraction of sp³-hybridized carbons (Fsp3) is 0.444. The number of aromatic nitrogens is 2. The van der Waals surface area contributed by atoms with Crippen LogP contribution in [0.25, 0.3) is 5.69 Å². The zero-order valence-corrected chi connectivity index (χ0v) is 15.4. The maximum Gasteiger partial charge on any atom is 0.294 e. The van der Waals surface area contributed by atoms with E-state index in [1.165, 1.54) is 18.6 Å². The summed E-state index contributed by atoms with van der Waals surface area (Å²) in [5.41, 5.74) is 0.237. The summed E-state index contributed by atoms with van der Waals surface area (Å²) in [7, 11) is 0. The van der Waals surface area contributed by atoms with E-state index in [2.05, 4.69) is 29.0 Å². The highest BCUT2D eigenvalue weighted by atomic mass is 16.6. The first-order valence-electron chi connectivity index (χ1n) is 8.76. The van der Waals surface area contributed by atoms with E-state index in [4.69, 9.17) is 4.74 Å². The van der Waals surface area contributed by atoms with Crippen LogP contribution in [0.1, 0.15) is 24.2 Å². The number of nitrogens with one attached hydrogen (secondary N) is 1. The maximum atomic E-state index is 12.6. The normalized spacial score (nSPS) is 15.5. The van der Waals surface area contributed by atoms with Crippen LogP contribution in [0.3, 0.4) is 0 Å². The molecule has 1 saturated heterocycles. The summed E-state index contributed by atoms with van der Waals surface area (Å²) >= 11 is 0. The second-order valence-electron chi connectivity index (χ2n) is 7.03. The summed E-state index contributed by atoms with van der Waals surface area (Å²) in [6.07, 6.45) is 4.64. The van der Waals surface area contributed by atoms with Gasteiger partial charge in [-0.3, -0.25) is 19.8 Å². The van der Waals surface area contributed by atoms with Crippen molar-refractivity contribution in [2.24, 2.45) is 0 Å². The third-order valence-corrected chi connectivity index (χ3v) is 4.77. The van der Waals surface area contributed by atoms with Gasteiger partial charge in [-0.15, -0.1) is 0 Å². The molecule has 0 bridgehead atoms. The van der Waals surface area contributed by atoms with Crippen LogP contribution >= 0.6 is 0 Å². The Morgan fingerprint density at radius 2 is 2.11 bits per heavy atom. The monoisotopic (exact) mass is 373 g/mol. The molecule has 0 radical (unpaired) electrons. The summed E-state index contributed by atoms with van der Waals surface area (Å²) < 4.78 is 6.91. The maximum absolute atomic E-state index is 12.6. The molecule has 1 fully saturated rings. The van der Waals surface area contributed by atoms with Crippen molar-refractivity contribution in [1.82, 2.24) is 19.8 Å². The number of morpholine rings is 1. The molecule has 0 saturated carbocycles. The molecule has 1 N–H and O–H groups in total. The number of carbonyl (C=O) groups excluding carboxylic acids is 1. The van der Waals surface area contributed by atoms with E-state index in [-0.39, 0.29) is 22.7 Å². The molecule has 1 aliphatic heterocycles. The van der Waals surface area contributed by atoms with Gasteiger partial charge in [-0.05, 0) is 26.0 Å². The lowest BCUT2D eigenvalue weighted by Gasteiger charge is -2.40. The summed E-state index contributed by atoms with van der Waals surface area (Å²) in [6, 6.07) is 4.44. The number of ether oxygens (including phenoxy) is 1. The topological polar surface area (TPSA) is 103 Å². The van der Waals surface area contributed by atoms with Crippen molar-refractivity contribution in [3.63, 3.8) is 0 Å². The largest absolute Gasteiger partial charge is 0.379 e. The fourth-order valence-electron chi connectivity index (χ4n) is 3.11. The molecule has 9 nitrogen and oxygen atoms in total. The van der Waals surface area contributed by atoms with Crippen molar-refractivity contribution in [3.05, 3.63) is 52.6 Å². The molecule has 0 spiro atoms. The van der Waals surface area contributed by atoms with Gasteiger partial charge in [0.15, 0.2) is 0 Å². The van der Waals surface area contributed by atoms with Crippen molar-refractivity contribution >= 4 is 11.6 Å². The van der Waals surface area contributed by atoms with Gasteiger partial charge in [0, 0.05) is 49.2 Å². The first-order chi connectivity index (χ1) is 12.9. The lowest BCUT2D eigenvalue weighted by atomic mass is 10.0. The average Bonchev–Trinajstić information content (AvgIpc) is 3.21. The van der Waals surface area contributed by atoms with E-state index in [0.717, 1.165) is 13.1 Å².